The molecule has 2 atom stereocenters. The first-order valence-electron chi connectivity index (χ1n) is 39.3. The highest BCUT2D eigenvalue weighted by molar-refractivity contribution is 7.98. The largest absolute Gasteiger partial charge is 0.510 e. The maximum atomic E-state index is 14.4. The molecule has 6 heterocycles. The first kappa shape index (κ1) is 92.1. The van der Waals surface area contributed by atoms with Crippen molar-refractivity contribution in [3.05, 3.63) is 111 Å². The van der Waals surface area contributed by atoms with Crippen molar-refractivity contribution in [1.82, 2.24) is 39.4 Å². The van der Waals surface area contributed by atoms with Crippen LogP contribution in [0.4, 0.5) is 15.3 Å². The van der Waals surface area contributed by atoms with Crippen molar-refractivity contribution < 1.29 is 98.8 Å². The molecule has 0 bridgehead atoms. The Labute approximate surface area is 676 Å². The summed E-state index contributed by atoms with van der Waals surface area (Å²) in [5, 5.41) is 9.91. The van der Waals surface area contributed by atoms with Gasteiger partial charge in [0, 0.05) is 105 Å². The molecule has 4 amide bonds. The number of fused-ring (bicyclic) bond motifs is 5. The summed E-state index contributed by atoms with van der Waals surface area (Å²) in [5.74, 6) is 3.84. The molecule has 630 valence electrons. The number of rotatable bonds is 55. The summed E-state index contributed by atoms with van der Waals surface area (Å²) in [6, 6.07) is 14.3. The number of primary amides is 1. The monoisotopic (exact) mass is 1640 g/mol. The van der Waals surface area contributed by atoms with E-state index < -0.39 is 63.6 Å². The molecule has 115 heavy (non-hydrogen) atoms. The number of sulfonamides is 1. The second-order valence-electron chi connectivity index (χ2n) is 28.2. The molecule has 0 spiro atoms. The van der Waals surface area contributed by atoms with E-state index in [1.54, 1.807) is 63.5 Å². The number of likely N-dealkylation sites (tertiary alicyclic amines) is 1. The highest BCUT2D eigenvalue weighted by atomic mass is 32.2. The van der Waals surface area contributed by atoms with Crippen molar-refractivity contribution in [1.29, 1.82) is 0 Å². The second kappa shape index (κ2) is 49.6. The minimum atomic E-state index is -3.55. The molecule has 1 fully saturated rings. The zero-order valence-corrected chi connectivity index (χ0v) is 68.4. The first-order valence-corrected chi connectivity index (χ1v) is 42.4. The van der Waals surface area contributed by atoms with Crippen LogP contribution < -0.4 is 27.2 Å². The second-order valence-corrected chi connectivity index (χ2v) is 30.9. The maximum absolute atomic E-state index is 14.4. The summed E-state index contributed by atoms with van der Waals surface area (Å²) in [7, 11) is -3.55. The van der Waals surface area contributed by atoms with Crippen LogP contribution in [-0.4, -0.2) is 255 Å². The number of aromatic nitrogens is 4. The van der Waals surface area contributed by atoms with Gasteiger partial charge in [-0.25, -0.2) is 37.8 Å². The van der Waals surface area contributed by atoms with Crippen molar-refractivity contribution >= 4 is 79.9 Å². The number of unbranched alkanes of at least 4 members (excludes halogenated alkanes) is 1. The van der Waals surface area contributed by atoms with Crippen LogP contribution in [0.2, 0.25) is 0 Å². The molecule has 0 unspecified atom stereocenters. The van der Waals surface area contributed by atoms with Gasteiger partial charge in [0.05, 0.1) is 140 Å². The molecule has 0 saturated carbocycles. The Morgan fingerprint density at radius 3 is 1.98 bits per heavy atom. The van der Waals surface area contributed by atoms with Crippen LogP contribution in [0.15, 0.2) is 76.9 Å². The van der Waals surface area contributed by atoms with Crippen LogP contribution in [0.1, 0.15) is 125 Å². The van der Waals surface area contributed by atoms with Crippen molar-refractivity contribution in [2.45, 2.75) is 134 Å². The lowest BCUT2D eigenvalue weighted by Crippen LogP contribution is -2.47. The highest BCUT2D eigenvalue weighted by Crippen LogP contribution is 2.43. The number of pyridine rings is 2. The number of ether oxygens (including phenoxy) is 12. The quantitative estimate of drug-likeness (QED) is 0.0102. The minimum Gasteiger partial charge on any atom is -0.457 e. The number of esters is 1. The van der Waals surface area contributed by atoms with Gasteiger partial charge in [-0.2, -0.15) is 4.31 Å². The van der Waals surface area contributed by atoms with Crippen LogP contribution in [-0.2, 0) is 123 Å². The number of Topliss-reactive ketones (excluding diaryl/α,β-unsaturated/α-hetero) is 2. The molecule has 0 radical (unpaired) electrons. The number of anilines is 1. The number of para-hydroxylation sites is 1. The third-order valence-electron chi connectivity index (χ3n) is 19.4. The number of urea groups is 1. The Balaban J connectivity index is 0.604. The molecule has 8 rings (SSSR count). The van der Waals surface area contributed by atoms with Gasteiger partial charge >= 0.3 is 18.2 Å². The van der Waals surface area contributed by atoms with Gasteiger partial charge in [-0.15, -0.1) is 0 Å². The molecule has 5 aromatic rings. The average molecular weight is 1640 g/mol. The number of nitrogens with one attached hydrogen (secondary N) is 3. The molecule has 34 heteroatoms. The summed E-state index contributed by atoms with van der Waals surface area (Å²) < 4.78 is 95.7. The van der Waals surface area contributed by atoms with Gasteiger partial charge in [-0.1, -0.05) is 60.9 Å². The van der Waals surface area contributed by atoms with E-state index in [1.165, 1.54) is 26.9 Å². The van der Waals surface area contributed by atoms with E-state index in [0.29, 0.717) is 172 Å². The number of nitrogens with two attached hydrogens (primary N) is 1. The molecular formula is C81H112N10O22S2. The predicted octanol–water partition coefficient (Wildman–Crippen LogP) is 6.68. The molecule has 2 aromatic carbocycles. The normalized spacial score (nSPS) is 15.0. The van der Waals surface area contributed by atoms with E-state index in [0.717, 1.165) is 72.7 Å². The fourth-order valence-corrected chi connectivity index (χ4v) is 14.9. The number of carbonyl (C=O) groups excluding carboxylic acids is 7. The van der Waals surface area contributed by atoms with Gasteiger partial charge in [0.1, 0.15) is 26.4 Å². The molecule has 1 saturated heterocycles. The van der Waals surface area contributed by atoms with Gasteiger partial charge in [0.2, 0.25) is 27.4 Å². The fraction of sp³-hybridized carbons (Fsp3) is 0.593. The molecule has 3 aliphatic heterocycles. The summed E-state index contributed by atoms with van der Waals surface area (Å²) >= 11 is 1.49. The van der Waals surface area contributed by atoms with Crippen molar-refractivity contribution in [3.63, 3.8) is 0 Å². The topological polar surface area (TPSA) is 394 Å². The van der Waals surface area contributed by atoms with Gasteiger partial charge in [0.25, 0.3) is 5.56 Å². The Morgan fingerprint density at radius 1 is 0.757 bits per heavy atom. The smallest absolute Gasteiger partial charge is 0.457 e. The van der Waals surface area contributed by atoms with Crippen LogP contribution in [0.25, 0.3) is 22.3 Å². The van der Waals surface area contributed by atoms with E-state index in [1.807, 2.05) is 30.5 Å². The lowest BCUT2D eigenvalue weighted by Gasteiger charge is -2.35. The van der Waals surface area contributed by atoms with Gasteiger partial charge < -0.3 is 88.0 Å². The third-order valence-corrected chi connectivity index (χ3v) is 21.5. The number of cyclic esters (lactones) is 1. The molecule has 0 aliphatic carbocycles. The van der Waals surface area contributed by atoms with Gasteiger partial charge in [0.15, 0.2) is 16.7 Å². The van der Waals surface area contributed by atoms with Gasteiger partial charge in [-0.05, 0) is 126 Å². The lowest BCUT2D eigenvalue weighted by molar-refractivity contribution is -0.175. The van der Waals surface area contributed by atoms with Crippen LogP contribution in [0, 0.1) is 23.7 Å². The van der Waals surface area contributed by atoms with E-state index >= 15 is 0 Å². The summed E-state index contributed by atoms with van der Waals surface area (Å²) in [6.45, 7) is 14.8. The number of amides is 4. The molecule has 3 aromatic heterocycles. The van der Waals surface area contributed by atoms with E-state index in [2.05, 4.69) is 42.7 Å². The van der Waals surface area contributed by atoms with Gasteiger partial charge in [-0.3, -0.25) is 24.0 Å². The average Bonchev–Trinajstić information content (AvgIpc) is 1.61. The molecule has 5 N–H and O–H groups in total. The lowest BCUT2D eigenvalue weighted by atomic mass is 9.85. The Kier molecular flexibility index (Phi) is 39.7. The zero-order chi connectivity index (χ0) is 82.2. The Bertz CT molecular complexity index is 4190. The SMILES string of the molecule is CC[C@@]1(OC(=O)OCc2ccc(NC(=O)[C@H](CCCNC(N)=O)CC(=O)COCC(=O)CCCOCCOCCOCCOCCOCCOCCOCCOCCN3CCC(CNC(=O)CCCC#Cc4cnc(SC)nc4)CC3)cc2)C(=O)OCc2c1cc1n(c2=O)Cc2c-1nc1ccccc1c2CCN(C(C)C)S(C)(=O)=O. The van der Waals surface area contributed by atoms with E-state index in [-0.39, 0.29) is 94.0 Å². The summed E-state index contributed by atoms with van der Waals surface area (Å²) in [6.07, 6.45) is 10.3. The third kappa shape index (κ3) is 30.9. The number of thioether (sulfide) groups is 1. The first-order chi connectivity index (χ1) is 55.7. The zero-order valence-electron chi connectivity index (χ0n) is 66.7. The van der Waals surface area contributed by atoms with Crippen molar-refractivity contribution in [3.8, 4) is 23.2 Å². The summed E-state index contributed by atoms with van der Waals surface area (Å²) in [4.78, 5) is 121. The van der Waals surface area contributed by atoms with Crippen molar-refractivity contribution in [2.24, 2.45) is 17.6 Å². The maximum Gasteiger partial charge on any atom is 0.510 e. The highest BCUT2D eigenvalue weighted by Gasteiger charge is 2.51. The van der Waals surface area contributed by atoms with Crippen LogP contribution >= 0.6 is 11.8 Å². The van der Waals surface area contributed by atoms with E-state index in [4.69, 9.17) is 67.6 Å². The molecule has 32 nitrogen and oxygen atoms in total. The number of piperidine rings is 1. The van der Waals surface area contributed by atoms with Crippen molar-refractivity contribution in [2.75, 3.05) is 176 Å². The summed E-state index contributed by atoms with van der Waals surface area (Å²) in [5.41, 5.74) is 7.58. The Morgan fingerprint density at radius 2 is 1.37 bits per heavy atom. The standard InChI is InChI=1S/C81H112N10O22S2/c1-6-81(70-49-72-74-68(53-90(72)76(96)69(70)57-111-77(81)97)66(67-17-10-11-18-71(67)88-74)26-30-91(58(2)3)115(5,100)101)113-80(99)112-54-60-20-22-63(23-21-60)87-75(95)62(15-12-27-83-78(82)98)48-65(93)56-110-55-64(92)16-13-32-102-34-36-104-38-40-106-42-44-108-46-47-109-45-43-107-41-39-105-37-35-103-33-31-89-28-24-59(25-29-89)50-84-73(94)19-9-7-8-14-61-51-85-79(114-4)86-52-61/h10-11,17-18,20-23,49,51-52,58-59,62H,6-7,9,12-13,15-16,19,24-48,50,53-57H2,1-5H3,(H,84,94)(H,87,95)(H3,82,83,98)/t62-,81+/m1/s1. The Hall–Kier alpha value is -8.41. The number of hydrogen-bond acceptors (Lipinski definition) is 27. The number of hydrogen-bond donors (Lipinski definition) is 4. The predicted molar refractivity (Wildman–Crippen MR) is 427 cm³/mol. The van der Waals surface area contributed by atoms with E-state index in [9.17, 15) is 46.8 Å². The minimum absolute atomic E-state index is 0.0806. The number of benzene rings is 2. The fourth-order valence-electron chi connectivity index (χ4n) is 13.4. The van der Waals surface area contributed by atoms with Crippen LogP contribution in [0.5, 0.6) is 0 Å². The number of carbonyl (C=O) groups is 7. The number of ketones is 2. The number of nitrogens with zero attached hydrogens (tertiary/aromatic N) is 6. The van der Waals surface area contributed by atoms with Crippen LogP contribution in [0.3, 0.4) is 0 Å². The molecular weight excluding hydrogens is 1530 g/mol. The molecule has 3 aliphatic rings.